The van der Waals surface area contributed by atoms with E-state index in [-0.39, 0.29) is 5.91 Å². The summed E-state index contributed by atoms with van der Waals surface area (Å²) in [4.78, 5) is 29.8. The lowest BCUT2D eigenvalue weighted by atomic mass is 10.1. The number of aryl methyl sites for hydroxylation is 1. The van der Waals surface area contributed by atoms with Gasteiger partial charge in [0.25, 0.3) is 11.8 Å². The van der Waals surface area contributed by atoms with Crippen LogP contribution in [0.3, 0.4) is 0 Å². The van der Waals surface area contributed by atoms with Gasteiger partial charge in [-0.05, 0) is 42.8 Å². The summed E-state index contributed by atoms with van der Waals surface area (Å²) in [5.41, 5.74) is 4.17. The highest BCUT2D eigenvalue weighted by Crippen LogP contribution is 2.23. The molecule has 0 unspecified atom stereocenters. The van der Waals surface area contributed by atoms with Gasteiger partial charge in [-0.3, -0.25) is 14.7 Å². The second kappa shape index (κ2) is 9.70. The first-order valence-corrected chi connectivity index (χ1v) is 11.4. The molecule has 1 fully saturated rings. The normalized spacial score (nSPS) is 14.4. The average Bonchev–Trinajstić information content (AvgIpc) is 3.35. The van der Waals surface area contributed by atoms with E-state index in [1.54, 1.807) is 24.5 Å². The van der Waals surface area contributed by atoms with E-state index < -0.39 is 0 Å². The van der Waals surface area contributed by atoms with E-state index in [0.29, 0.717) is 35.5 Å². The smallest absolute Gasteiger partial charge is 0.259 e. The van der Waals surface area contributed by atoms with Crippen LogP contribution in [0.5, 0.6) is 0 Å². The zero-order valence-corrected chi connectivity index (χ0v) is 19.4. The van der Waals surface area contributed by atoms with Crippen LogP contribution < -0.4 is 0 Å². The van der Waals surface area contributed by atoms with Crippen molar-refractivity contribution in [3.05, 3.63) is 82.9 Å². The Hall–Kier alpha value is -3.62. The number of halogens is 1. The lowest BCUT2D eigenvalue weighted by molar-refractivity contribution is 0.0628. The SMILES string of the molecule is Cc1cc(C(=O)N2CCN(Cc3cccc(-c4noc(-c5cccnc5)n4)c3)CC2)cc(Cl)n1. The molecule has 9 heteroatoms. The van der Waals surface area contributed by atoms with Gasteiger partial charge in [0, 0.05) is 61.9 Å². The lowest BCUT2D eigenvalue weighted by Gasteiger charge is -2.35. The molecule has 1 aliphatic heterocycles. The third-order valence-electron chi connectivity index (χ3n) is 5.75. The first-order chi connectivity index (χ1) is 16.5. The van der Waals surface area contributed by atoms with E-state index >= 15 is 0 Å². The number of aromatic nitrogens is 4. The molecule has 0 radical (unpaired) electrons. The van der Waals surface area contributed by atoms with Crippen molar-refractivity contribution < 1.29 is 9.32 Å². The Morgan fingerprint density at radius 3 is 2.62 bits per heavy atom. The van der Waals surface area contributed by atoms with Crippen molar-refractivity contribution in [1.29, 1.82) is 0 Å². The maximum absolute atomic E-state index is 12.9. The predicted molar refractivity (Wildman–Crippen MR) is 128 cm³/mol. The van der Waals surface area contributed by atoms with Gasteiger partial charge >= 0.3 is 0 Å². The van der Waals surface area contributed by atoms with E-state index in [0.717, 1.165) is 42.0 Å². The van der Waals surface area contributed by atoms with Crippen molar-refractivity contribution in [1.82, 2.24) is 29.9 Å². The number of hydrogen-bond acceptors (Lipinski definition) is 7. The average molecular weight is 475 g/mol. The molecular formula is C25H23ClN6O2. The van der Waals surface area contributed by atoms with Gasteiger partial charge in [0.1, 0.15) is 5.15 Å². The van der Waals surface area contributed by atoms with Gasteiger partial charge in [-0.15, -0.1) is 0 Å². The third-order valence-corrected chi connectivity index (χ3v) is 5.95. The van der Waals surface area contributed by atoms with Gasteiger partial charge in [-0.1, -0.05) is 35.0 Å². The highest BCUT2D eigenvalue weighted by molar-refractivity contribution is 6.29. The highest BCUT2D eigenvalue weighted by Gasteiger charge is 2.23. The van der Waals surface area contributed by atoms with Crippen molar-refractivity contribution >= 4 is 17.5 Å². The molecule has 1 aromatic carbocycles. The quantitative estimate of drug-likeness (QED) is 0.402. The Balaban J connectivity index is 1.21. The van der Waals surface area contributed by atoms with Gasteiger partial charge in [0.15, 0.2) is 0 Å². The second-order valence-corrected chi connectivity index (χ2v) is 8.64. The number of piperazine rings is 1. The van der Waals surface area contributed by atoms with E-state index in [4.69, 9.17) is 16.1 Å². The van der Waals surface area contributed by atoms with Gasteiger partial charge < -0.3 is 9.42 Å². The number of hydrogen-bond donors (Lipinski definition) is 0. The highest BCUT2D eigenvalue weighted by atomic mass is 35.5. The van der Waals surface area contributed by atoms with Crippen LogP contribution in [0.15, 0.2) is 65.4 Å². The Kier molecular flexibility index (Phi) is 6.33. The van der Waals surface area contributed by atoms with Gasteiger partial charge in [-0.25, -0.2) is 4.98 Å². The third kappa shape index (κ3) is 4.98. The largest absolute Gasteiger partial charge is 0.336 e. The van der Waals surface area contributed by atoms with Crippen LogP contribution in [-0.2, 0) is 6.54 Å². The summed E-state index contributed by atoms with van der Waals surface area (Å²) in [6.07, 6.45) is 3.40. The van der Waals surface area contributed by atoms with Crippen molar-refractivity contribution in [2.45, 2.75) is 13.5 Å². The zero-order valence-electron chi connectivity index (χ0n) is 18.7. The Labute approximate surface area is 202 Å². The van der Waals surface area contributed by atoms with Crippen LogP contribution in [0.1, 0.15) is 21.6 Å². The summed E-state index contributed by atoms with van der Waals surface area (Å²) in [5.74, 6) is 0.984. The summed E-state index contributed by atoms with van der Waals surface area (Å²) in [5, 5.41) is 4.48. The van der Waals surface area contributed by atoms with Gasteiger partial charge in [0.2, 0.25) is 5.82 Å². The molecule has 4 aromatic rings. The molecule has 0 N–H and O–H groups in total. The number of nitrogens with zero attached hydrogens (tertiary/aromatic N) is 6. The summed E-state index contributed by atoms with van der Waals surface area (Å²) in [7, 11) is 0. The molecule has 0 atom stereocenters. The number of benzene rings is 1. The Morgan fingerprint density at radius 2 is 1.85 bits per heavy atom. The summed E-state index contributed by atoms with van der Waals surface area (Å²) >= 11 is 6.03. The van der Waals surface area contributed by atoms with E-state index in [9.17, 15) is 4.79 Å². The molecule has 34 heavy (non-hydrogen) atoms. The molecule has 0 bridgehead atoms. The fourth-order valence-electron chi connectivity index (χ4n) is 4.06. The summed E-state index contributed by atoms with van der Waals surface area (Å²) < 4.78 is 5.42. The monoisotopic (exact) mass is 474 g/mol. The minimum Gasteiger partial charge on any atom is -0.336 e. The van der Waals surface area contributed by atoms with Crippen molar-refractivity contribution in [3.63, 3.8) is 0 Å². The zero-order chi connectivity index (χ0) is 23.5. The summed E-state index contributed by atoms with van der Waals surface area (Å²) in [6.45, 7) is 5.53. The van der Waals surface area contributed by atoms with Crippen LogP contribution in [0.4, 0.5) is 0 Å². The van der Waals surface area contributed by atoms with Crippen molar-refractivity contribution in [3.8, 4) is 22.8 Å². The van der Waals surface area contributed by atoms with Crippen LogP contribution in [0, 0.1) is 6.92 Å². The predicted octanol–water partition coefficient (Wildman–Crippen LogP) is 4.11. The molecule has 1 aliphatic rings. The molecule has 5 rings (SSSR count). The summed E-state index contributed by atoms with van der Waals surface area (Å²) in [6, 6.07) is 15.3. The molecular weight excluding hydrogens is 452 g/mol. The molecule has 172 valence electrons. The molecule has 1 amide bonds. The molecule has 4 heterocycles. The van der Waals surface area contributed by atoms with Crippen molar-refractivity contribution in [2.75, 3.05) is 26.2 Å². The van der Waals surface area contributed by atoms with Gasteiger partial charge in [-0.2, -0.15) is 4.98 Å². The number of carbonyl (C=O) groups excluding carboxylic acids is 1. The first kappa shape index (κ1) is 22.2. The maximum atomic E-state index is 12.9. The molecule has 0 spiro atoms. The van der Waals surface area contributed by atoms with Gasteiger partial charge in [0.05, 0.1) is 5.56 Å². The fourth-order valence-corrected chi connectivity index (χ4v) is 4.31. The van der Waals surface area contributed by atoms with E-state index in [2.05, 4.69) is 37.1 Å². The minimum atomic E-state index is -0.00410. The lowest BCUT2D eigenvalue weighted by Crippen LogP contribution is -2.48. The number of carbonyl (C=O) groups is 1. The fraction of sp³-hybridized carbons (Fsp3) is 0.240. The molecule has 3 aromatic heterocycles. The number of amides is 1. The maximum Gasteiger partial charge on any atom is 0.259 e. The van der Waals surface area contributed by atoms with E-state index in [1.165, 1.54) is 0 Å². The van der Waals surface area contributed by atoms with E-state index in [1.807, 2.05) is 36.1 Å². The Bertz CT molecular complexity index is 1280. The second-order valence-electron chi connectivity index (χ2n) is 8.25. The molecule has 8 nitrogen and oxygen atoms in total. The van der Waals surface area contributed by atoms with Crippen LogP contribution in [0.2, 0.25) is 5.15 Å². The van der Waals surface area contributed by atoms with Crippen LogP contribution >= 0.6 is 11.6 Å². The Morgan fingerprint density at radius 1 is 1.03 bits per heavy atom. The van der Waals surface area contributed by atoms with Crippen molar-refractivity contribution in [2.24, 2.45) is 0 Å². The topological polar surface area (TPSA) is 88.3 Å². The number of pyridine rings is 2. The standard InChI is InChI=1S/C25H23ClN6O2/c1-17-12-21(14-22(26)28-17)25(33)32-10-8-31(9-11-32)16-18-4-2-5-19(13-18)23-29-24(34-30-23)20-6-3-7-27-15-20/h2-7,12-15H,8-11,16H2,1H3. The molecule has 0 saturated carbocycles. The first-order valence-electron chi connectivity index (χ1n) is 11.0. The molecule has 1 saturated heterocycles. The molecule has 0 aliphatic carbocycles. The van der Waals surface area contributed by atoms with Crippen LogP contribution in [-0.4, -0.2) is 62.0 Å². The number of rotatable bonds is 5. The minimum absolute atomic E-state index is 0.00410. The van der Waals surface area contributed by atoms with Crippen LogP contribution in [0.25, 0.3) is 22.8 Å².